The van der Waals surface area contributed by atoms with Crippen LogP contribution in [0.1, 0.15) is 44.6 Å². The normalized spacial score (nSPS) is 17.4. The Morgan fingerprint density at radius 1 is 1.09 bits per heavy atom. The van der Waals surface area contributed by atoms with Crippen molar-refractivity contribution in [3.63, 3.8) is 0 Å². The van der Waals surface area contributed by atoms with Gasteiger partial charge in [0.25, 0.3) is 0 Å². The van der Waals surface area contributed by atoms with Crippen molar-refractivity contribution in [2.45, 2.75) is 64.2 Å². The molecule has 9 nitrogen and oxygen atoms in total. The summed E-state index contributed by atoms with van der Waals surface area (Å²) in [6.45, 7) is 3.52. The molecule has 0 saturated heterocycles. The number of benzene rings is 1. The highest BCUT2D eigenvalue weighted by molar-refractivity contribution is 5.86. The molecule has 3 aromatic rings. The molecule has 1 aliphatic rings. The molecule has 4 rings (SSSR count). The van der Waals surface area contributed by atoms with E-state index in [1.807, 2.05) is 24.5 Å². The second-order valence-corrected chi connectivity index (χ2v) is 8.27. The SMILES string of the molecule is CCCn1cnc2c(NCc3cccc(OC)c3OC)nc(NC3CCC(N)CC3)nc21.Cl.Cl. The third kappa shape index (κ3) is 6.14. The summed E-state index contributed by atoms with van der Waals surface area (Å²) in [6.07, 6.45) is 6.94. The van der Waals surface area contributed by atoms with Crippen molar-refractivity contribution in [1.82, 2.24) is 19.5 Å². The minimum Gasteiger partial charge on any atom is -0.493 e. The van der Waals surface area contributed by atoms with Crippen LogP contribution in [0.5, 0.6) is 11.5 Å². The largest absolute Gasteiger partial charge is 0.493 e. The van der Waals surface area contributed by atoms with E-state index in [4.69, 9.17) is 25.2 Å². The van der Waals surface area contributed by atoms with E-state index in [0.717, 1.165) is 55.4 Å². The average molecular weight is 512 g/mol. The average Bonchev–Trinajstić information content (AvgIpc) is 3.21. The van der Waals surface area contributed by atoms with E-state index in [0.29, 0.717) is 41.9 Å². The predicted molar refractivity (Wildman–Crippen MR) is 141 cm³/mol. The Hall–Kier alpha value is -2.49. The van der Waals surface area contributed by atoms with Gasteiger partial charge in [-0.25, -0.2) is 4.98 Å². The summed E-state index contributed by atoms with van der Waals surface area (Å²) in [5, 5.41) is 6.98. The van der Waals surface area contributed by atoms with E-state index < -0.39 is 0 Å². The Morgan fingerprint density at radius 3 is 2.53 bits per heavy atom. The highest BCUT2D eigenvalue weighted by Crippen LogP contribution is 2.32. The maximum absolute atomic E-state index is 6.07. The van der Waals surface area contributed by atoms with Crippen LogP contribution in [-0.4, -0.2) is 45.8 Å². The standard InChI is InChI=1S/C23H33N7O2.2ClH/c1-4-12-30-14-26-19-21(25-13-15-6-5-7-18(31-2)20(15)32-3)28-23(29-22(19)30)27-17-10-8-16(24)9-11-17;;/h5-7,14,16-17H,4,8-13,24H2,1-3H3,(H2,25,27,28,29);2*1H. The molecule has 1 aliphatic carbocycles. The van der Waals surface area contributed by atoms with Gasteiger partial charge in [0.1, 0.15) is 0 Å². The lowest BCUT2D eigenvalue weighted by Crippen LogP contribution is -2.33. The molecular formula is C23H35Cl2N7O2. The van der Waals surface area contributed by atoms with E-state index in [1.165, 1.54) is 0 Å². The number of aryl methyl sites for hydroxylation is 1. The van der Waals surface area contributed by atoms with Crippen LogP contribution in [0, 0.1) is 0 Å². The second-order valence-electron chi connectivity index (χ2n) is 8.27. The summed E-state index contributed by atoms with van der Waals surface area (Å²) in [4.78, 5) is 14.2. The fourth-order valence-corrected chi connectivity index (χ4v) is 4.25. The minimum absolute atomic E-state index is 0. The number of para-hydroxylation sites is 1. The van der Waals surface area contributed by atoms with Crippen molar-refractivity contribution < 1.29 is 9.47 Å². The molecule has 1 fully saturated rings. The molecule has 2 aromatic heterocycles. The third-order valence-corrected chi connectivity index (χ3v) is 5.96. The molecular weight excluding hydrogens is 477 g/mol. The number of fused-ring (bicyclic) bond motifs is 1. The van der Waals surface area contributed by atoms with Gasteiger partial charge in [-0.15, -0.1) is 24.8 Å². The molecule has 0 bridgehead atoms. The van der Waals surface area contributed by atoms with Crippen LogP contribution < -0.4 is 25.8 Å². The van der Waals surface area contributed by atoms with E-state index in [-0.39, 0.29) is 24.8 Å². The molecule has 11 heteroatoms. The van der Waals surface area contributed by atoms with Gasteiger partial charge in [0, 0.05) is 30.7 Å². The number of nitrogens with one attached hydrogen (secondary N) is 2. The topological polar surface area (TPSA) is 112 Å². The Morgan fingerprint density at radius 2 is 1.85 bits per heavy atom. The van der Waals surface area contributed by atoms with Gasteiger partial charge in [-0.05, 0) is 38.2 Å². The van der Waals surface area contributed by atoms with Gasteiger partial charge in [0.15, 0.2) is 28.5 Å². The van der Waals surface area contributed by atoms with Gasteiger partial charge >= 0.3 is 0 Å². The zero-order valence-corrected chi connectivity index (χ0v) is 21.5. The zero-order valence-electron chi connectivity index (χ0n) is 19.9. The molecule has 0 radical (unpaired) electrons. The Balaban J connectivity index is 0.00000204. The molecule has 4 N–H and O–H groups in total. The summed E-state index contributed by atoms with van der Waals surface area (Å²) in [6, 6.07) is 6.48. The maximum Gasteiger partial charge on any atom is 0.227 e. The maximum atomic E-state index is 6.07. The van der Waals surface area contributed by atoms with E-state index in [2.05, 4.69) is 27.1 Å². The minimum atomic E-state index is 0. The van der Waals surface area contributed by atoms with Crippen LogP contribution in [0.2, 0.25) is 0 Å². The van der Waals surface area contributed by atoms with Gasteiger partial charge in [-0.1, -0.05) is 19.1 Å². The fourth-order valence-electron chi connectivity index (χ4n) is 4.25. The smallest absolute Gasteiger partial charge is 0.227 e. The van der Waals surface area contributed by atoms with Gasteiger partial charge in [0.2, 0.25) is 5.95 Å². The number of aromatic nitrogens is 4. The monoisotopic (exact) mass is 511 g/mol. The zero-order chi connectivity index (χ0) is 22.5. The van der Waals surface area contributed by atoms with Crippen LogP contribution in [-0.2, 0) is 13.1 Å². The van der Waals surface area contributed by atoms with Gasteiger partial charge in [0.05, 0.1) is 20.5 Å². The first kappa shape index (κ1) is 27.8. The highest BCUT2D eigenvalue weighted by Gasteiger charge is 2.21. The predicted octanol–water partition coefficient (Wildman–Crippen LogP) is 4.39. The van der Waals surface area contributed by atoms with Crippen LogP contribution in [0.3, 0.4) is 0 Å². The summed E-state index contributed by atoms with van der Waals surface area (Å²) in [7, 11) is 3.29. The Bertz CT molecular complexity index is 1060. The van der Waals surface area contributed by atoms with E-state index >= 15 is 0 Å². The molecule has 0 unspecified atom stereocenters. The number of hydrogen-bond donors (Lipinski definition) is 3. The number of nitrogens with two attached hydrogens (primary N) is 1. The van der Waals surface area contributed by atoms with Crippen molar-refractivity contribution in [3.05, 3.63) is 30.1 Å². The lowest BCUT2D eigenvalue weighted by atomic mass is 9.92. The lowest BCUT2D eigenvalue weighted by molar-refractivity contribution is 0.352. The van der Waals surface area contributed by atoms with Crippen LogP contribution in [0.25, 0.3) is 11.2 Å². The molecule has 188 valence electrons. The number of hydrogen-bond acceptors (Lipinski definition) is 8. The number of rotatable bonds is 9. The summed E-state index contributed by atoms with van der Waals surface area (Å²) < 4.78 is 13.1. The Labute approximate surface area is 213 Å². The number of ether oxygens (including phenoxy) is 2. The molecule has 0 amide bonds. The van der Waals surface area contributed by atoms with Crippen molar-refractivity contribution in [2.75, 3.05) is 24.9 Å². The lowest BCUT2D eigenvalue weighted by Gasteiger charge is -2.26. The quantitative estimate of drug-likeness (QED) is 0.387. The number of nitrogens with zero attached hydrogens (tertiary/aromatic N) is 4. The van der Waals surface area contributed by atoms with Gasteiger partial charge < -0.3 is 30.4 Å². The van der Waals surface area contributed by atoms with Crippen molar-refractivity contribution in [3.8, 4) is 11.5 Å². The molecule has 34 heavy (non-hydrogen) atoms. The number of halogens is 2. The molecule has 0 aliphatic heterocycles. The highest BCUT2D eigenvalue weighted by atomic mass is 35.5. The molecule has 0 atom stereocenters. The molecule has 1 saturated carbocycles. The first-order chi connectivity index (χ1) is 15.6. The first-order valence-electron chi connectivity index (χ1n) is 11.3. The van der Waals surface area contributed by atoms with Crippen LogP contribution >= 0.6 is 24.8 Å². The number of imidazole rings is 1. The van der Waals surface area contributed by atoms with Gasteiger partial charge in [-0.2, -0.15) is 9.97 Å². The Kier molecular flexibility index (Phi) is 10.5. The number of methoxy groups -OCH3 is 2. The van der Waals surface area contributed by atoms with Crippen LogP contribution in [0.15, 0.2) is 24.5 Å². The van der Waals surface area contributed by atoms with Crippen LogP contribution in [0.4, 0.5) is 11.8 Å². The van der Waals surface area contributed by atoms with E-state index in [9.17, 15) is 0 Å². The summed E-state index contributed by atoms with van der Waals surface area (Å²) in [5.41, 5.74) is 8.63. The third-order valence-electron chi connectivity index (χ3n) is 5.96. The van der Waals surface area contributed by atoms with Crippen molar-refractivity contribution >= 4 is 47.7 Å². The van der Waals surface area contributed by atoms with E-state index in [1.54, 1.807) is 14.2 Å². The second kappa shape index (κ2) is 12.8. The number of anilines is 2. The molecule has 2 heterocycles. The summed E-state index contributed by atoms with van der Waals surface area (Å²) >= 11 is 0. The van der Waals surface area contributed by atoms with Crippen molar-refractivity contribution in [2.24, 2.45) is 5.73 Å². The summed E-state index contributed by atoms with van der Waals surface area (Å²) in [5.74, 6) is 2.73. The van der Waals surface area contributed by atoms with Gasteiger partial charge in [-0.3, -0.25) is 0 Å². The first-order valence-corrected chi connectivity index (χ1v) is 11.3. The fraction of sp³-hybridized carbons (Fsp3) is 0.522. The molecule has 1 aromatic carbocycles. The molecule has 0 spiro atoms. The van der Waals surface area contributed by atoms with Crippen molar-refractivity contribution in [1.29, 1.82) is 0 Å².